The normalized spacial score (nSPS) is 11.9. The van der Waals surface area contributed by atoms with E-state index in [9.17, 15) is 4.79 Å². The Morgan fingerprint density at radius 3 is 3.06 bits per heavy atom. The quantitative estimate of drug-likeness (QED) is 0.808. The van der Waals surface area contributed by atoms with Crippen LogP contribution < -0.4 is 10.9 Å². The van der Waals surface area contributed by atoms with Gasteiger partial charge in [0.05, 0.1) is 18.0 Å². The first-order valence-electron chi connectivity index (χ1n) is 5.64. The molecule has 0 amide bonds. The molecule has 1 atom stereocenters. The molecule has 1 unspecified atom stereocenters. The predicted molar refractivity (Wildman–Crippen MR) is 74.6 cm³/mol. The van der Waals surface area contributed by atoms with Crippen LogP contribution in [0.3, 0.4) is 0 Å². The summed E-state index contributed by atoms with van der Waals surface area (Å²) in [5.74, 6) is 2.38. The first-order chi connectivity index (χ1) is 8.60. The minimum atomic E-state index is -0.248. The summed E-state index contributed by atoms with van der Waals surface area (Å²) in [6.07, 6.45) is 6.79. The van der Waals surface area contributed by atoms with E-state index < -0.39 is 0 Å². The highest BCUT2D eigenvalue weighted by Crippen LogP contribution is 2.16. The zero-order valence-corrected chi connectivity index (χ0v) is 12.0. The summed E-state index contributed by atoms with van der Waals surface area (Å²) in [4.78, 5) is 11.8. The van der Waals surface area contributed by atoms with E-state index in [-0.39, 0.29) is 18.2 Å². The molecule has 98 valence electrons. The molecule has 0 spiro atoms. The van der Waals surface area contributed by atoms with Gasteiger partial charge < -0.3 is 10.1 Å². The number of nitrogens with one attached hydrogen (secondary N) is 1. The highest BCUT2D eigenvalue weighted by Gasteiger charge is 2.09. The molecule has 1 heterocycles. The van der Waals surface area contributed by atoms with E-state index >= 15 is 0 Å². The fourth-order valence-corrected chi connectivity index (χ4v) is 1.83. The Bertz CT molecular complexity index is 493. The molecule has 0 saturated carbocycles. The van der Waals surface area contributed by atoms with E-state index in [1.165, 1.54) is 4.68 Å². The second kappa shape index (κ2) is 7.19. The van der Waals surface area contributed by atoms with Crippen molar-refractivity contribution < 1.29 is 4.74 Å². The molecule has 0 aromatic carbocycles. The van der Waals surface area contributed by atoms with Gasteiger partial charge in [0.15, 0.2) is 0 Å². The Kier molecular flexibility index (Phi) is 5.89. The van der Waals surface area contributed by atoms with Gasteiger partial charge >= 0.3 is 0 Å². The fourth-order valence-electron chi connectivity index (χ4n) is 1.38. The van der Waals surface area contributed by atoms with E-state index in [1.807, 2.05) is 13.8 Å². The lowest BCUT2D eigenvalue weighted by molar-refractivity contribution is 0.0855. The van der Waals surface area contributed by atoms with Gasteiger partial charge in [-0.3, -0.25) is 4.79 Å². The maximum atomic E-state index is 11.8. The molecule has 0 radical (unpaired) electrons. The number of hydrogen-bond acceptors (Lipinski definition) is 4. The van der Waals surface area contributed by atoms with E-state index in [0.29, 0.717) is 23.3 Å². The predicted octanol–water partition coefficient (Wildman–Crippen LogP) is 1.48. The molecule has 0 aliphatic rings. The molecule has 0 fully saturated rings. The second-order valence-corrected chi connectivity index (χ2v) is 4.48. The SMILES string of the molecule is C#CCn1ncc(NCC(C)OCC)c(Br)c1=O. The fraction of sp³-hybridized carbons (Fsp3) is 0.500. The number of aromatic nitrogens is 2. The molecule has 18 heavy (non-hydrogen) atoms. The third-order valence-corrected chi connectivity index (χ3v) is 3.02. The highest BCUT2D eigenvalue weighted by molar-refractivity contribution is 9.10. The summed E-state index contributed by atoms with van der Waals surface area (Å²) in [6, 6.07) is 0. The molecule has 0 aliphatic heterocycles. The number of ether oxygens (including phenoxy) is 1. The molecule has 6 heteroatoms. The van der Waals surface area contributed by atoms with Crippen LogP contribution in [-0.2, 0) is 11.3 Å². The summed E-state index contributed by atoms with van der Waals surface area (Å²) < 4.78 is 7.04. The van der Waals surface area contributed by atoms with E-state index in [0.717, 1.165) is 0 Å². The molecule has 5 nitrogen and oxygen atoms in total. The minimum Gasteiger partial charge on any atom is -0.380 e. The number of nitrogens with zero attached hydrogens (tertiary/aromatic N) is 2. The lowest BCUT2D eigenvalue weighted by Gasteiger charge is -2.14. The van der Waals surface area contributed by atoms with Gasteiger partial charge in [0, 0.05) is 13.2 Å². The summed E-state index contributed by atoms with van der Waals surface area (Å²) in [6.45, 7) is 5.32. The van der Waals surface area contributed by atoms with Crippen LogP contribution in [0.2, 0.25) is 0 Å². The summed E-state index contributed by atoms with van der Waals surface area (Å²) in [5, 5.41) is 7.09. The van der Waals surface area contributed by atoms with Crippen LogP contribution in [0.15, 0.2) is 15.5 Å². The van der Waals surface area contributed by atoms with Crippen molar-refractivity contribution in [1.82, 2.24) is 9.78 Å². The van der Waals surface area contributed by atoms with Crippen LogP contribution in [0.25, 0.3) is 0 Å². The molecule has 1 aromatic heterocycles. The van der Waals surface area contributed by atoms with Gasteiger partial charge in [0.1, 0.15) is 11.0 Å². The third-order valence-electron chi connectivity index (χ3n) is 2.26. The monoisotopic (exact) mass is 313 g/mol. The number of anilines is 1. The van der Waals surface area contributed by atoms with Crippen LogP contribution in [0.1, 0.15) is 13.8 Å². The molecule has 1 N–H and O–H groups in total. The van der Waals surface area contributed by atoms with E-state index in [2.05, 4.69) is 32.3 Å². The average Bonchev–Trinajstić information content (AvgIpc) is 2.35. The van der Waals surface area contributed by atoms with Crippen molar-refractivity contribution in [2.75, 3.05) is 18.5 Å². The van der Waals surface area contributed by atoms with Crippen LogP contribution >= 0.6 is 15.9 Å². The van der Waals surface area contributed by atoms with E-state index in [4.69, 9.17) is 11.2 Å². The first kappa shape index (κ1) is 14.7. The van der Waals surface area contributed by atoms with Crippen LogP contribution in [0.4, 0.5) is 5.69 Å². The Hall–Kier alpha value is -1.32. The molecule has 0 bridgehead atoms. The second-order valence-electron chi connectivity index (χ2n) is 3.69. The van der Waals surface area contributed by atoms with E-state index in [1.54, 1.807) is 6.20 Å². The van der Waals surface area contributed by atoms with Gasteiger partial charge in [-0.05, 0) is 29.8 Å². The Morgan fingerprint density at radius 2 is 2.44 bits per heavy atom. The zero-order chi connectivity index (χ0) is 13.5. The largest absolute Gasteiger partial charge is 0.380 e. The van der Waals surface area contributed by atoms with Crippen molar-refractivity contribution in [3.05, 3.63) is 21.0 Å². The number of terminal acetylenes is 1. The maximum Gasteiger partial charge on any atom is 0.284 e. The molecular weight excluding hydrogens is 298 g/mol. The zero-order valence-electron chi connectivity index (χ0n) is 10.4. The van der Waals surface area contributed by atoms with Crippen molar-refractivity contribution in [1.29, 1.82) is 0 Å². The van der Waals surface area contributed by atoms with Gasteiger partial charge in [-0.1, -0.05) is 5.92 Å². The lowest BCUT2D eigenvalue weighted by atomic mass is 10.3. The van der Waals surface area contributed by atoms with Crippen molar-refractivity contribution in [2.24, 2.45) is 0 Å². The molecular formula is C12H16BrN3O2. The van der Waals surface area contributed by atoms with Crippen molar-refractivity contribution in [2.45, 2.75) is 26.5 Å². The molecule has 1 rings (SSSR count). The average molecular weight is 314 g/mol. The third kappa shape index (κ3) is 3.86. The van der Waals surface area contributed by atoms with Gasteiger partial charge in [0.2, 0.25) is 0 Å². The number of halogens is 1. The van der Waals surface area contributed by atoms with Crippen molar-refractivity contribution in [3.63, 3.8) is 0 Å². The van der Waals surface area contributed by atoms with Crippen molar-refractivity contribution in [3.8, 4) is 12.3 Å². The first-order valence-corrected chi connectivity index (χ1v) is 6.44. The smallest absolute Gasteiger partial charge is 0.284 e. The Labute approximate surface area is 115 Å². The van der Waals surface area contributed by atoms with Crippen LogP contribution in [0, 0.1) is 12.3 Å². The maximum absolute atomic E-state index is 11.8. The highest BCUT2D eigenvalue weighted by atomic mass is 79.9. The molecule has 0 saturated heterocycles. The number of rotatable bonds is 6. The van der Waals surface area contributed by atoms with Gasteiger partial charge in [-0.15, -0.1) is 6.42 Å². The standard InChI is InChI=1S/C12H16BrN3O2/c1-4-6-16-12(17)11(13)10(8-15-16)14-7-9(3)18-5-2/h1,8-9,14H,5-7H2,2-3H3. The summed E-state index contributed by atoms with van der Waals surface area (Å²) >= 11 is 3.24. The molecule has 0 aliphatic carbocycles. The topological polar surface area (TPSA) is 56.1 Å². The Balaban J connectivity index is 2.77. The van der Waals surface area contributed by atoms with Crippen LogP contribution in [-0.4, -0.2) is 29.0 Å². The van der Waals surface area contributed by atoms with Gasteiger partial charge in [-0.2, -0.15) is 5.10 Å². The van der Waals surface area contributed by atoms with Gasteiger partial charge in [-0.25, -0.2) is 4.68 Å². The summed E-state index contributed by atoms with van der Waals surface area (Å²) in [7, 11) is 0. The van der Waals surface area contributed by atoms with Crippen molar-refractivity contribution >= 4 is 21.6 Å². The summed E-state index contributed by atoms with van der Waals surface area (Å²) in [5.41, 5.74) is 0.391. The Morgan fingerprint density at radius 1 is 1.72 bits per heavy atom. The molecule has 1 aromatic rings. The minimum absolute atomic E-state index is 0.0649. The van der Waals surface area contributed by atoms with Crippen LogP contribution in [0.5, 0.6) is 0 Å². The van der Waals surface area contributed by atoms with Gasteiger partial charge in [0.25, 0.3) is 5.56 Å². The number of hydrogen-bond donors (Lipinski definition) is 1. The lowest BCUT2D eigenvalue weighted by Crippen LogP contribution is -2.26.